The van der Waals surface area contributed by atoms with Gasteiger partial charge in [0.25, 0.3) is 0 Å². The van der Waals surface area contributed by atoms with E-state index < -0.39 is 0 Å². The van der Waals surface area contributed by atoms with Gasteiger partial charge in [-0.25, -0.2) is 0 Å². The van der Waals surface area contributed by atoms with Crippen molar-refractivity contribution in [3.8, 4) is 0 Å². The SMILES string of the molecule is CCCC(C)N(C)C(CN)CCc1ccccc1. The van der Waals surface area contributed by atoms with Crippen LogP contribution in [0, 0.1) is 0 Å². The highest BCUT2D eigenvalue weighted by Gasteiger charge is 2.17. The Labute approximate surface area is 112 Å². The Kier molecular flexibility index (Phi) is 6.99. The van der Waals surface area contributed by atoms with Crippen molar-refractivity contribution in [3.63, 3.8) is 0 Å². The average Bonchev–Trinajstić information content (AvgIpc) is 2.40. The summed E-state index contributed by atoms with van der Waals surface area (Å²) in [7, 11) is 2.21. The second kappa shape index (κ2) is 8.28. The fraction of sp³-hybridized carbons (Fsp3) is 0.625. The van der Waals surface area contributed by atoms with Crippen molar-refractivity contribution in [2.24, 2.45) is 5.73 Å². The topological polar surface area (TPSA) is 29.3 Å². The summed E-state index contributed by atoms with van der Waals surface area (Å²) in [4.78, 5) is 2.45. The summed E-state index contributed by atoms with van der Waals surface area (Å²) in [5.41, 5.74) is 7.34. The highest BCUT2D eigenvalue weighted by Crippen LogP contribution is 2.13. The first kappa shape index (κ1) is 15.2. The molecule has 2 atom stereocenters. The van der Waals surface area contributed by atoms with E-state index in [2.05, 4.69) is 56.1 Å². The number of hydrogen-bond acceptors (Lipinski definition) is 2. The van der Waals surface area contributed by atoms with E-state index in [1.807, 2.05) is 0 Å². The normalized spacial score (nSPS) is 14.7. The molecular formula is C16H28N2. The Morgan fingerprint density at radius 1 is 1.17 bits per heavy atom. The van der Waals surface area contributed by atoms with Crippen LogP contribution < -0.4 is 5.73 Å². The smallest absolute Gasteiger partial charge is 0.0221 e. The molecule has 0 aromatic heterocycles. The number of benzene rings is 1. The highest BCUT2D eigenvalue weighted by molar-refractivity contribution is 5.14. The minimum atomic E-state index is 0.492. The van der Waals surface area contributed by atoms with E-state index in [1.54, 1.807) is 0 Å². The van der Waals surface area contributed by atoms with Gasteiger partial charge in [-0.05, 0) is 38.8 Å². The third-order valence-electron chi connectivity index (χ3n) is 3.86. The van der Waals surface area contributed by atoms with Gasteiger partial charge in [0.2, 0.25) is 0 Å². The molecular weight excluding hydrogens is 220 g/mol. The molecule has 0 amide bonds. The Bertz CT molecular complexity index is 310. The van der Waals surface area contributed by atoms with Crippen molar-refractivity contribution in [3.05, 3.63) is 35.9 Å². The molecule has 1 rings (SSSR count). The van der Waals surface area contributed by atoms with Crippen LogP contribution in [0.3, 0.4) is 0 Å². The average molecular weight is 248 g/mol. The van der Waals surface area contributed by atoms with E-state index in [9.17, 15) is 0 Å². The maximum absolute atomic E-state index is 5.93. The van der Waals surface area contributed by atoms with Crippen LogP contribution >= 0.6 is 0 Å². The first-order valence-corrected chi connectivity index (χ1v) is 7.15. The fourth-order valence-corrected chi connectivity index (χ4v) is 2.45. The van der Waals surface area contributed by atoms with Gasteiger partial charge in [0, 0.05) is 18.6 Å². The van der Waals surface area contributed by atoms with E-state index in [0.717, 1.165) is 19.4 Å². The zero-order valence-corrected chi connectivity index (χ0v) is 12.1. The third-order valence-corrected chi connectivity index (χ3v) is 3.86. The molecule has 0 aliphatic rings. The Hall–Kier alpha value is -0.860. The third kappa shape index (κ3) is 4.79. The van der Waals surface area contributed by atoms with Crippen molar-refractivity contribution < 1.29 is 0 Å². The minimum Gasteiger partial charge on any atom is -0.329 e. The van der Waals surface area contributed by atoms with Gasteiger partial charge in [0.1, 0.15) is 0 Å². The molecule has 0 heterocycles. The summed E-state index contributed by atoms with van der Waals surface area (Å²) in [6.45, 7) is 5.29. The van der Waals surface area contributed by atoms with E-state index in [-0.39, 0.29) is 0 Å². The Morgan fingerprint density at radius 3 is 2.39 bits per heavy atom. The van der Waals surface area contributed by atoms with Crippen molar-refractivity contribution in [1.82, 2.24) is 4.90 Å². The maximum atomic E-state index is 5.93. The molecule has 102 valence electrons. The van der Waals surface area contributed by atoms with Gasteiger partial charge in [0.05, 0.1) is 0 Å². The van der Waals surface area contributed by atoms with Crippen LogP contribution in [-0.4, -0.2) is 30.6 Å². The van der Waals surface area contributed by atoms with Crippen LogP contribution in [-0.2, 0) is 6.42 Å². The maximum Gasteiger partial charge on any atom is 0.0221 e. The molecule has 0 spiro atoms. The Morgan fingerprint density at radius 2 is 1.83 bits per heavy atom. The van der Waals surface area contributed by atoms with Crippen LogP contribution in [0.1, 0.15) is 38.7 Å². The van der Waals surface area contributed by atoms with Crippen LogP contribution in [0.25, 0.3) is 0 Å². The summed E-state index contributed by atoms with van der Waals surface area (Å²) < 4.78 is 0. The second-order valence-electron chi connectivity index (χ2n) is 5.22. The molecule has 0 saturated heterocycles. The van der Waals surface area contributed by atoms with Crippen molar-refractivity contribution >= 4 is 0 Å². The van der Waals surface area contributed by atoms with Gasteiger partial charge in [-0.1, -0.05) is 43.7 Å². The van der Waals surface area contributed by atoms with Gasteiger partial charge < -0.3 is 5.73 Å². The first-order valence-electron chi connectivity index (χ1n) is 7.15. The van der Waals surface area contributed by atoms with E-state index in [1.165, 1.54) is 18.4 Å². The predicted octanol–water partition coefficient (Wildman–Crippen LogP) is 3.07. The monoisotopic (exact) mass is 248 g/mol. The lowest BCUT2D eigenvalue weighted by Crippen LogP contribution is -2.43. The highest BCUT2D eigenvalue weighted by atomic mass is 15.2. The van der Waals surface area contributed by atoms with Gasteiger partial charge in [-0.2, -0.15) is 0 Å². The van der Waals surface area contributed by atoms with E-state index in [0.29, 0.717) is 12.1 Å². The lowest BCUT2D eigenvalue weighted by Gasteiger charge is -2.32. The van der Waals surface area contributed by atoms with Crippen molar-refractivity contribution in [2.75, 3.05) is 13.6 Å². The number of nitrogens with two attached hydrogens (primary N) is 1. The predicted molar refractivity (Wildman–Crippen MR) is 79.7 cm³/mol. The lowest BCUT2D eigenvalue weighted by atomic mass is 10.0. The minimum absolute atomic E-state index is 0.492. The number of rotatable bonds is 8. The summed E-state index contributed by atoms with van der Waals surface area (Å²) in [5.74, 6) is 0. The number of likely N-dealkylation sites (N-methyl/N-ethyl adjacent to an activating group) is 1. The molecule has 2 N–H and O–H groups in total. The largest absolute Gasteiger partial charge is 0.329 e. The summed E-state index contributed by atoms with van der Waals surface area (Å²) >= 11 is 0. The quantitative estimate of drug-likeness (QED) is 0.766. The Balaban J connectivity index is 2.46. The molecule has 0 bridgehead atoms. The van der Waals surface area contributed by atoms with E-state index in [4.69, 9.17) is 5.73 Å². The zero-order chi connectivity index (χ0) is 13.4. The van der Waals surface area contributed by atoms with E-state index >= 15 is 0 Å². The molecule has 0 saturated carbocycles. The molecule has 18 heavy (non-hydrogen) atoms. The second-order valence-corrected chi connectivity index (χ2v) is 5.22. The van der Waals surface area contributed by atoms with Crippen LogP contribution in [0.4, 0.5) is 0 Å². The summed E-state index contributed by atoms with van der Waals surface area (Å²) in [6.07, 6.45) is 4.75. The fourth-order valence-electron chi connectivity index (χ4n) is 2.45. The number of hydrogen-bond donors (Lipinski definition) is 1. The van der Waals surface area contributed by atoms with Crippen LogP contribution in [0.5, 0.6) is 0 Å². The molecule has 0 aliphatic heterocycles. The summed E-state index contributed by atoms with van der Waals surface area (Å²) in [5, 5.41) is 0. The lowest BCUT2D eigenvalue weighted by molar-refractivity contribution is 0.171. The molecule has 0 radical (unpaired) electrons. The van der Waals surface area contributed by atoms with Crippen LogP contribution in [0.2, 0.25) is 0 Å². The molecule has 2 nitrogen and oxygen atoms in total. The standard InChI is InChI=1S/C16H28N2/c1-4-8-14(2)18(3)16(13-17)12-11-15-9-6-5-7-10-15/h5-7,9-10,14,16H,4,8,11-13,17H2,1-3H3. The van der Waals surface area contributed by atoms with Gasteiger partial charge >= 0.3 is 0 Å². The summed E-state index contributed by atoms with van der Waals surface area (Å²) in [6, 6.07) is 11.8. The molecule has 1 aromatic rings. The van der Waals surface area contributed by atoms with Crippen molar-refractivity contribution in [2.45, 2.75) is 51.6 Å². The molecule has 1 aromatic carbocycles. The molecule has 0 aliphatic carbocycles. The number of nitrogens with zero attached hydrogens (tertiary/aromatic N) is 1. The zero-order valence-electron chi connectivity index (χ0n) is 12.1. The van der Waals surface area contributed by atoms with Gasteiger partial charge in [0.15, 0.2) is 0 Å². The first-order chi connectivity index (χ1) is 8.69. The van der Waals surface area contributed by atoms with Crippen LogP contribution in [0.15, 0.2) is 30.3 Å². The molecule has 0 fully saturated rings. The van der Waals surface area contributed by atoms with Gasteiger partial charge in [-0.15, -0.1) is 0 Å². The van der Waals surface area contributed by atoms with Crippen molar-refractivity contribution in [1.29, 1.82) is 0 Å². The molecule has 2 heteroatoms. The van der Waals surface area contributed by atoms with Gasteiger partial charge in [-0.3, -0.25) is 4.90 Å². The molecule has 2 unspecified atom stereocenters. The number of aryl methyl sites for hydroxylation is 1.